The van der Waals surface area contributed by atoms with Gasteiger partial charge in [-0.2, -0.15) is 0 Å². The minimum absolute atomic E-state index is 0. The molecule has 1 N–H and O–H groups in total. The molecule has 1 unspecified atom stereocenters. The molecule has 1 heterocycles. The van der Waals surface area contributed by atoms with Crippen molar-refractivity contribution in [2.24, 2.45) is 0 Å². The lowest BCUT2D eigenvalue weighted by Crippen LogP contribution is -2.43. The highest BCUT2D eigenvalue weighted by atomic mass is 35.5. The summed E-state index contributed by atoms with van der Waals surface area (Å²) < 4.78 is 6.08. The van der Waals surface area contributed by atoms with Crippen molar-refractivity contribution in [1.82, 2.24) is 10.2 Å². The third kappa shape index (κ3) is 5.23. The number of carbonyl (C=O) groups excluding carboxylic acids is 1. The van der Waals surface area contributed by atoms with E-state index in [0.717, 1.165) is 51.9 Å². The molecule has 4 nitrogen and oxygen atoms in total. The molecule has 5 heteroatoms. The second kappa shape index (κ2) is 9.59. The maximum atomic E-state index is 12.5. The first kappa shape index (κ1) is 17.7. The summed E-state index contributed by atoms with van der Waals surface area (Å²) in [5.74, 6) is 0.205. The Kier molecular flexibility index (Phi) is 8.50. The van der Waals surface area contributed by atoms with Crippen LogP contribution in [0.15, 0.2) is 0 Å². The lowest BCUT2D eigenvalue weighted by atomic mass is 9.97. The second-order valence-electron chi connectivity index (χ2n) is 5.72. The van der Waals surface area contributed by atoms with Gasteiger partial charge in [-0.05, 0) is 32.2 Å². The van der Waals surface area contributed by atoms with Crippen molar-refractivity contribution in [2.45, 2.75) is 64.1 Å². The zero-order chi connectivity index (χ0) is 13.5. The van der Waals surface area contributed by atoms with Gasteiger partial charge in [-0.15, -0.1) is 12.4 Å². The number of hydrogen-bond acceptors (Lipinski definition) is 3. The van der Waals surface area contributed by atoms with Gasteiger partial charge in [0.25, 0.3) is 5.91 Å². The van der Waals surface area contributed by atoms with Crippen LogP contribution in [0.25, 0.3) is 0 Å². The van der Waals surface area contributed by atoms with Crippen LogP contribution in [0, 0.1) is 0 Å². The molecule has 1 amide bonds. The zero-order valence-electron chi connectivity index (χ0n) is 12.6. The Morgan fingerprint density at radius 3 is 2.65 bits per heavy atom. The van der Waals surface area contributed by atoms with Crippen molar-refractivity contribution in [3.8, 4) is 0 Å². The van der Waals surface area contributed by atoms with Gasteiger partial charge >= 0.3 is 0 Å². The van der Waals surface area contributed by atoms with Gasteiger partial charge in [0, 0.05) is 19.6 Å². The Balaban J connectivity index is 0.00000200. The highest BCUT2D eigenvalue weighted by Crippen LogP contribution is 2.22. The Hall–Kier alpha value is -0.320. The average Bonchev–Trinajstić information content (AvgIpc) is 2.74. The first-order chi connectivity index (χ1) is 9.31. The van der Waals surface area contributed by atoms with Crippen LogP contribution < -0.4 is 5.32 Å². The second-order valence-corrected chi connectivity index (χ2v) is 5.72. The van der Waals surface area contributed by atoms with E-state index in [4.69, 9.17) is 4.74 Å². The van der Waals surface area contributed by atoms with Crippen LogP contribution in [0.2, 0.25) is 0 Å². The molecular weight excluding hydrogens is 276 g/mol. The predicted octanol–water partition coefficient (Wildman–Crippen LogP) is 2.36. The molecule has 0 spiro atoms. The lowest BCUT2D eigenvalue weighted by Gasteiger charge is -2.30. The molecule has 1 aliphatic carbocycles. The number of ether oxygens (including phenoxy) is 1. The van der Waals surface area contributed by atoms with E-state index in [9.17, 15) is 4.79 Å². The van der Waals surface area contributed by atoms with E-state index in [1.807, 2.05) is 4.90 Å². The number of amides is 1. The highest BCUT2D eigenvalue weighted by molar-refractivity contribution is 5.85. The summed E-state index contributed by atoms with van der Waals surface area (Å²) in [6, 6.07) is 0. The Labute approximate surface area is 129 Å². The van der Waals surface area contributed by atoms with Crippen LogP contribution in [-0.2, 0) is 9.53 Å². The molecule has 2 fully saturated rings. The number of rotatable bonds is 4. The predicted molar refractivity (Wildman–Crippen MR) is 83.4 cm³/mol. The van der Waals surface area contributed by atoms with Crippen molar-refractivity contribution >= 4 is 18.3 Å². The Morgan fingerprint density at radius 1 is 1.20 bits per heavy atom. The fraction of sp³-hybridized carbons (Fsp3) is 0.933. The summed E-state index contributed by atoms with van der Waals surface area (Å²) in [4.78, 5) is 14.5. The smallest absolute Gasteiger partial charge is 0.251 e. The number of nitrogens with one attached hydrogen (secondary N) is 1. The first-order valence-electron chi connectivity index (χ1n) is 7.96. The van der Waals surface area contributed by atoms with E-state index >= 15 is 0 Å². The van der Waals surface area contributed by atoms with Crippen LogP contribution in [0.3, 0.4) is 0 Å². The molecule has 0 aromatic carbocycles. The molecule has 2 aliphatic rings. The van der Waals surface area contributed by atoms with E-state index < -0.39 is 0 Å². The van der Waals surface area contributed by atoms with E-state index in [0.29, 0.717) is 6.10 Å². The maximum absolute atomic E-state index is 12.5. The van der Waals surface area contributed by atoms with E-state index in [2.05, 4.69) is 12.2 Å². The van der Waals surface area contributed by atoms with Crippen LogP contribution in [-0.4, -0.2) is 49.2 Å². The van der Waals surface area contributed by atoms with Gasteiger partial charge in [0.15, 0.2) is 0 Å². The third-order valence-corrected chi connectivity index (χ3v) is 4.21. The van der Waals surface area contributed by atoms with Crippen LogP contribution in [0.4, 0.5) is 0 Å². The summed E-state index contributed by atoms with van der Waals surface area (Å²) in [6.07, 6.45) is 8.02. The lowest BCUT2D eigenvalue weighted by molar-refractivity contribution is -0.149. The molecule has 2 rings (SSSR count). The quantitative estimate of drug-likeness (QED) is 0.867. The highest BCUT2D eigenvalue weighted by Gasteiger charge is 2.27. The van der Waals surface area contributed by atoms with Gasteiger partial charge in [-0.3, -0.25) is 4.79 Å². The molecule has 118 valence electrons. The van der Waals surface area contributed by atoms with Crippen molar-refractivity contribution < 1.29 is 9.53 Å². The number of halogens is 1. The Morgan fingerprint density at radius 2 is 1.95 bits per heavy atom. The summed E-state index contributed by atoms with van der Waals surface area (Å²) in [7, 11) is 0. The van der Waals surface area contributed by atoms with Gasteiger partial charge in [0.05, 0.1) is 6.10 Å². The molecule has 0 bridgehead atoms. The SMILES string of the molecule is CCC(OC1CCCCC1)C(=O)N1CCCNCC1.Cl. The molecule has 1 atom stereocenters. The monoisotopic (exact) mass is 304 g/mol. The van der Waals surface area contributed by atoms with Crippen molar-refractivity contribution in [3.63, 3.8) is 0 Å². The van der Waals surface area contributed by atoms with E-state index in [1.165, 1.54) is 19.3 Å². The zero-order valence-corrected chi connectivity index (χ0v) is 13.4. The van der Waals surface area contributed by atoms with Crippen molar-refractivity contribution in [3.05, 3.63) is 0 Å². The van der Waals surface area contributed by atoms with E-state index in [-0.39, 0.29) is 24.4 Å². The molecule has 0 aromatic heterocycles. The standard InChI is InChI=1S/C15H28N2O2.ClH/c1-2-14(19-13-7-4-3-5-8-13)15(18)17-11-6-9-16-10-12-17;/h13-14,16H,2-12H2,1H3;1H. The van der Waals surface area contributed by atoms with Crippen LogP contribution in [0.1, 0.15) is 51.9 Å². The fourth-order valence-corrected chi connectivity index (χ4v) is 3.03. The summed E-state index contributed by atoms with van der Waals surface area (Å²) in [5.41, 5.74) is 0. The van der Waals surface area contributed by atoms with E-state index in [1.54, 1.807) is 0 Å². The van der Waals surface area contributed by atoms with Gasteiger partial charge in [0.1, 0.15) is 6.10 Å². The average molecular weight is 305 g/mol. The summed E-state index contributed by atoms with van der Waals surface area (Å²) >= 11 is 0. The first-order valence-corrected chi connectivity index (χ1v) is 7.96. The molecule has 1 saturated carbocycles. The normalized spacial score (nSPS) is 22.8. The van der Waals surface area contributed by atoms with Gasteiger partial charge < -0.3 is 15.0 Å². The van der Waals surface area contributed by atoms with Crippen molar-refractivity contribution in [2.75, 3.05) is 26.2 Å². The third-order valence-electron chi connectivity index (χ3n) is 4.21. The van der Waals surface area contributed by atoms with Gasteiger partial charge in [-0.25, -0.2) is 0 Å². The number of hydrogen-bond donors (Lipinski definition) is 1. The molecule has 1 aliphatic heterocycles. The maximum Gasteiger partial charge on any atom is 0.251 e. The summed E-state index contributed by atoms with van der Waals surface area (Å²) in [6.45, 7) is 5.68. The van der Waals surface area contributed by atoms with Crippen LogP contribution >= 0.6 is 12.4 Å². The summed E-state index contributed by atoms with van der Waals surface area (Å²) in [5, 5.41) is 3.34. The number of carbonyl (C=O) groups is 1. The van der Waals surface area contributed by atoms with Crippen LogP contribution in [0.5, 0.6) is 0 Å². The molecule has 20 heavy (non-hydrogen) atoms. The largest absolute Gasteiger partial charge is 0.365 e. The molecule has 1 saturated heterocycles. The van der Waals surface area contributed by atoms with Crippen molar-refractivity contribution in [1.29, 1.82) is 0 Å². The molecule has 0 radical (unpaired) electrons. The van der Waals surface area contributed by atoms with Gasteiger partial charge in [0.2, 0.25) is 0 Å². The minimum atomic E-state index is -0.221. The molecule has 0 aromatic rings. The minimum Gasteiger partial charge on any atom is -0.365 e. The topological polar surface area (TPSA) is 41.6 Å². The Bertz CT molecular complexity index is 275. The number of nitrogens with zero attached hydrogens (tertiary/aromatic N) is 1. The van der Waals surface area contributed by atoms with Gasteiger partial charge in [-0.1, -0.05) is 26.2 Å². The fourth-order valence-electron chi connectivity index (χ4n) is 3.03. The molecular formula is C15H29ClN2O2.